The zero-order valence-corrected chi connectivity index (χ0v) is 11.5. The van der Waals surface area contributed by atoms with Crippen LogP contribution < -0.4 is 0 Å². The first kappa shape index (κ1) is 12.8. The molecule has 2 rings (SSSR count). The van der Waals surface area contributed by atoms with Gasteiger partial charge in [0, 0.05) is 17.9 Å². The van der Waals surface area contributed by atoms with Crippen LogP contribution in [0.5, 0.6) is 0 Å². The first-order valence-corrected chi connectivity index (χ1v) is 6.95. The third-order valence-corrected chi connectivity index (χ3v) is 4.04. The van der Waals surface area contributed by atoms with E-state index in [9.17, 15) is 9.18 Å². The molecule has 0 saturated carbocycles. The Bertz CT molecular complexity index is 441. The van der Waals surface area contributed by atoms with Crippen molar-refractivity contribution < 1.29 is 9.18 Å². The minimum atomic E-state index is -0.426. The summed E-state index contributed by atoms with van der Waals surface area (Å²) < 4.78 is 12.9. The average Bonchev–Trinajstić information content (AvgIpc) is 2.76. The Balaban J connectivity index is 2.24. The number of hydrogen-bond donors (Lipinski definition) is 0. The van der Waals surface area contributed by atoms with E-state index < -0.39 is 5.82 Å². The molecule has 1 fully saturated rings. The topological polar surface area (TPSA) is 20.3 Å². The molecule has 1 amide bonds. The van der Waals surface area contributed by atoms with Crippen LogP contribution in [0.2, 0.25) is 5.02 Å². The highest BCUT2D eigenvalue weighted by molar-refractivity contribution is 9.09. The second kappa shape index (κ2) is 5.36. The van der Waals surface area contributed by atoms with Gasteiger partial charge in [-0.15, -0.1) is 0 Å². The first-order chi connectivity index (χ1) is 8.13. The SMILES string of the molecule is O=C(c1ccc(F)cc1Cl)N1CCCC1CBr. The number of nitrogens with zero attached hydrogens (tertiary/aromatic N) is 1. The van der Waals surface area contributed by atoms with Crippen molar-refractivity contribution in [2.75, 3.05) is 11.9 Å². The Labute approximate surface area is 113 Å². The number of likely N-dealkylation sites (tertiary alicyclic amines) is 1. The maximum absolute atomic E-state index is 12.9. The number of hydrogen-bond acceptors (Lipinski definition) is 1. The normalized spacial score (nSPS) is 19.7. The van der Waals surface area contributed by atoms with E-state index in [1.165, 1.54) is 18.2 Å². The third-order valence-electron chi connectivity index (χ3n) is 2.98. The Morgan fingerprint density at radius 2 is 2.35 bits per heavy atom. The lowest BCUT2D eigenvalue weighted by atomic mass is 10.1. The highest BCUT2D eigenvalue weighted by Gasteiger charge is 2.29. The Morgan fingerprint density at radius 1 is 1.59 bits per heavy atom. The van der Waals surface area contributed by atoms with E-state index in [1.54, 1.807) is 4.90 Å². The minimum Gasteiger partial charge on any atom is -0.335 e. The van der Waals surface area contributed by atoms with Crippen molar-refractivity contribution in [3.8, 4) is 0 Å². The number of amides is 1. The van der Waals surface area contributed by atoms with Gasteiger partial charge < -0.3 is 4.90 Å². The molecule has 0 spiro atoms. The van der Waals surface area contributed by atoms with Gasteiger partial charge in [0.05, 0.1) is 10.6 Å². The minimum absolute atomic E-state index is 0.114. The van der Waals surface area contributed by atoms with Crippen LogP contribution in [-0.4, -0.2) is 28.7 Å². The van der Waals surface area contributed by atoms with E-state index >= 15 is 0 Å². The molecule has 0 N–H and O–H groups in total. The van der Waals surface area contributed by atoms with Crippen LogP contribution in [0.25, 0.3) is 0 Å². The number of carbonyl (C=O) groups excluding carboxylic acids is 1. The predicted octanol–water partition coefficient (Wildman–Crippen LogP) is 3.48. The lowest BCUT2D eigenvalue weighted by molar-refractivity contribution is 0.0750. The maximum atomic E-state index is 12.9. The van der Waals surface area contributed by atoms with Crippen molar-refractivity contribution in [3.63, 3.8) is 0 Å². The monoisotopic (exact) mass is 319 g/mol. The Morgan fingerprint density at radius 3 is 3.00 bits per heavy atom. The zero-order valence-electron chi connectivity index (χ0n) is 9.13. The van der Waals surface area contributed by atoms with Gasteiger partial charge in [0.2, 0.25) is 0 Å². The molecule has 2 nitrogen and oxygen atoms in total. The van der Waals surface area contributed by atoms with Crippen molar-refractivity contribution in [1.82, 2.24) is 4.90 Å². The molecule has 1 aromatic rings. The van der Waals surface area contributed by atoms with Gasteiger partial charge in [-0.25, -0.2) is 4.39 Å². The van der Waals surface area contributed by atoms with Crippen LogP contribution in [0.1, 0.15) is 23.2 Å². The quantitative estimate of drug-likeness (QED) is 0.764. The van der Waals surface area contributed by atoms with E-state index in [0.717, 1.165) is 24.7 Å². The molecule has 1 heterocycles. The molecule has 5 heteroatoms. The van der Waals surface area contributed by atoms with E-state index in [4.69, 9.17) is 11.6 Å². The summed E-state index contributed by atoms with van der Waals surface area (Å²) in [5.74, 6) is -0.540. The maximum Gasteiger partial charge on any atom is 0.255 e. The van der Waals surface area contributed by atoms with Gasteiger partial charge in [0.15, 0.2) is 0 Å². The molecule has 1 aromatic carbocycles. The molecule has 0 bridgehead atoms. The summed E-state index contributed by atoms with van der Waals surface area (Å²) in [6, 6.07) is 4.10. The van der Waals surface area contributed by atoms with Gasteiger partial charge in [0.1, 0.15) is 5.82 Å². The lowest BCUT2D eigenvalue weighted by Gasteiger charge is -2.23. The summed E-state index contributed by atoms with van der Waals surface area (Å²) >= 11 is 9.30. The summed E-state index contributed by atoms with van der Waals surface area (Å²) in [7, 11) is 0. The third kappa shape index (κ3) is 2.63. The van der Waals surface area contributed by atoms with Gasteiger partial charge in [-0.1, -0.05) is 27.5 Å². The van der Waals surface area contributed by atoms with Gasteiger partial charge in [-0.3, -0.25) is 4.79 Å². The molecule has 92 valence electrons. The Kier molecular flexibility index (Phi) is 4.05. The summed E-state index contributed by atoms with van der Waals surface area (Å²) in [5, 5.41) is 0.938. The van der Waals surface area contributed by atoms with Gasteiger partial charge >= 0.3 is 0 Å². The molecule has 1 saturated heterocycles. The van der Waals surface area contributed by atoms with Crippen molar-refractivity contribution in [3.05, 3.63) is 34.6 Å². The number of rotatable bonds is 2. The lowest BCUT2D eigenvalue weighted by Crippen LogP contribution is -2.36. The molecule has 17 heavy (non-hydrogen) atoms. The second-order valence-electron chi connectivity index (χ2n) is 4.07. The Hall–Kier alpha value is -0.610. The summed E-state index contributed by atoms with van der Waals surface area (Å²) in [6.07, 6.45) is 2.00. The molecular weight excluding hydrogens is 308 g/mol. The number of carbonyl (C=O) groups is 1. The van der Waals surface area contributed by atoms with Crippen LogP contribution >= 0.6 is 27.5 Å². The van der Waals surface area contributed by atoms with Crippen molar-refractivity contribution >= 4 is 33.4 Å². The predicted molar refractivity (Wildman–Crippen MR) is 69.3 cm³/mol. The van der Waals surface area contributed by atoms with E-state index in [2.05, 4.69) is 15.9 Å². The zero-order chi connectivity index (χ0) is 12.4. The van der Waals surface area contributed by atoms with Crippen LogP contribution in [0, 0.1) is 5.82 Å². The fourth-order valence-corrected chi connectivity index (χ4v) is 3.00. The van der Waals surface area contributed by atoms with Crippen LogP contribution in [0.4, 0.5) is 4.39 Å². The molecule has 1 aliphatic heterocycles. The van der Waals surface area contributed by atoms with Crippen LogP contribution in [-0.2, 0) is 0 Å². The number of benzene rings is 1. The highest BCUT2D eigenvalue weighted by atomic mass is 79.9. The molecule has 0 radical (unpaired) electrons. The smallest absolute Gasteiger partial charge is 0.255 e. The molecule has 1 atom stereocenters. The van der Waals surface area contributed by atoms with E-state index in [1.807, 2.05) is 0 Å². The van der Waals surface area contributed by atoms with Gasteiger partial charge in [-0.05, 0) is 31.0 Å². The molecule has 0 aliphatic carbocycles. The van der Waals surface area contributed by atoms with E-state index in [-0.39, 0.29) is 17.0 Å². The highest BCUT2D eigenvalue weighted by Crippen LogP contribution is 2.25. The number of alkyl halides is 1. The molecule has 0 aromatic heterocycles. The first-order valence-electron chi connectivity index (χ1n) is 5.45. The standard InChI is InChI=1S/C12H12BrClFNO/c13-7-9-2-1-5-16(9)12(17)10-4-3-8(15)6-11(10)14/h3-4,6,9H,1-2,5,7H2. The molecule has 1 aliphatic rings. The number of halogens is 3. The van der Waals surface area contributed by atoms with Crippen molar-refractivity contribution in [2.45, 2.75) is 18.9 Å². The fraction of sp³-hybridized carbons (Fsp3) is 0.417. The van der Waals surface area contributed by atoms with Gasteiger partial charge in [0.25, 0.3) is 5.91 Å². The van der Waals surface area contributed by atoms with Crippen molar-refractivity contribution in [1.29, 1.82) is 0 Å². The summed E-state index contributed by atoms with van der Waals surface area (Å²) in [6.45, 7) is 0.739. The molecule has 1 unspecified atom stereocenters. The summed E-state index contributed by atoms with van der Waals surface area (Å²) in [4.78, 5) is 14.0. The van der Waals surface area contributed by atoms with Crippen LogP contribution in [0.15, 0.2) is 18.2 Å². The van der Waals surface area contributed by atoms with E-state index in [0.29, 0.717) is 5.56 Å². The summed E-state index contributed by atoms with van der Waals surface area (Å²) in [5.41, 5.74) is 0.376. The van der Waals surface area contributed by atoms with Crippen molar-refractivity contribution in [2.24, 2.45) is 0 Å². The average molecular weight is 321 g/mol. The fourth-order valence-electron chi connectivity index (χ4n) is 2.08. The molecular formula is C12H12BrClFNO. The van der Waals surface area contributed by atoms with Gasteiger partial charge in [-0.2, -0.15) is 0 Å². The second-order valence-corrected chi connectivity index (χ2v) is 5.13. The largest absolute Gasteiger partial charge is 0.335 e. The van der Waals surface area contributed by atoms with Crippen LogP contribution in [0.3, 0.4) is 0 Å².